The summed E-state index contributed by atoms with van der Waals surface area (Å²) in [6.07, 6.45) is 6.73. The van der Waals surface area contributed by atoms with Gasteiger partial charge in [0.05, 0.1) is 17.6 Å². The van der Waals surface area contributed by atoms with Crippen molar-refractivity contribution in [3.05, 3.63) is 30.4 Å². The molecule has 0 unspecified atom stereocenters. The number of pyridine rings is 1. The third kappa shape index (κ3) is 3.80. The summed E-state index contributed by atoms with van der Waals surface area (Å²) in [6.45, 7) is 2.70. The van der Waals surface area contributed by atoms with Gasteiger partial charge in [-0.05, 0) is 12.1 Å². The summed E-state index contributed by atoms with van der Waals surface area (Å²) in [5, 5.41) is 0. The van der Waals surface area contributed by atoms with E-state index in [1.54, 1.807) is 0 Å². The Kier molecular flexibility index (Phi) is 6.34. The Morgan fingerprint density at radius 1 is 1.47 bits per heavy atom. The van der Waals surface area contributed by atoms with E-state index in [-0.39, 0.29) is 51.4 Å². The van der Waals surface area contributed by atoms with Gasteiger partial charge in [0.15, 0.2) is 0 Å². The van der Waals surface area contributed by atoms with Crippen molar-refractivity contribution in [2.45, 2.75) is 19.4 Å². The quantitative estimate of drug-likeness (QED) is 0.488. The molecule has 2 rings (SSSR count). The van der Waals surface area contributed by atoms with Crippen molar-refractivity contribution >= 4 is 5.69 Å². The van der Waals surface area contributed by atoms with Crippen LogP contribution in [0, 0.1) is 6.42 Å². The first-order chi connectivity index (χ1) is 6.90. The molecule has 0 saturated carbocycles. The van der Waals surface area contributed by atoms with Crippen molar-refractivity contribution in [2.75, 3.05) is 18.0 Å². The number of nitrogens with two attached hydrogens (primary N) is 1. The first-order valence-corrected chi connectivity index (χ1v) is 5.12. The maximum Gasteiger partial charge on any atom is 1.00 e. The van der Waals surface area contributed by atoms with Gasteiger partial charge in [-0.3, -0.25) is 4.98 Å². The van der Waals surface area contributed by atoms with Gasteiger partial charge in [-0.2, -0.15) is 6.42 Å². The average Bonchev–Trinajstić information content (AvgIpc) is 2.30. The minimum Gasteiger partial charge on any atom is -0.400 e. The monoisotopic (exact) mass is 229 g/mol. The van der Waals surface area contributed by atoms with Gasteiger partial charge >= 0.3 is 51.4 Å². The number of nitrogens with zero attached hydrogens (tertiary/aromatic N) is 2. The Balaban J connectivity index is 0.00000112. The van der Waals surface area contributed by atoms with Crippen LogP contribution in [0.5, 0.6) is 0 Å². The number of hydrogen-bond donors (Lipinski definition) is 1. The molecule has 76 valence electrons. The molecule has 0 spiro atoms. The first-order valence-electron chi connectivity index (χ1n) is 5.12. The number of hydrogen-bond acceptors (Lipinski definition) is 3. The Morgan fingerprint density at radius 2 is 2.33 bits per heavy atom. The van der Waals surface area contributed by atoms with E-state index < -0.39 is 0 Å². The van der Waals surface area contributed by atoms with Crippen LogP contribution >= 0.6 is 0 Å². The van der Waals surface area contributed by atoms with Gasteiger partial charge in [0.25, 0.3) is 0 Å². The second-order valence-electron chi connectivity index (χ2n) is 3.59. The van der Waals surface area contributed by atoms with E-state index in [4.69, 9.17) is 5.73 Å². The summed E-state index contributed by atoms with van der Waals surface area (Å²) in [4.78, 5) is 6.64. The zero-order chi connectivity index (χ0) is 9.80. The SMILES string of the molecule is NCc1ccc(N2C[CH-]CCC2)cn1.[K+]. The Morgan fingerprint density at radius 3 is 2.87 bits per heavy atom. The third-order valence-electron chi connectivity index (χ3n) is 2.57. The van der Waals surface area contributed by atoms with Crippen molar-refractivity contribution < 1.29 is 51.4 Å². The minimum atomic E-state index is 0. The molecule has 2 N–H and O–H groups in total. The fraction of sp³-hybridized carbons (Fsp3) is 0.455. The molecular formula is C11H16KN3. The van der Waals surface area contributed by atoms with Crippen LogP contribution in [0.1, 0.15) is 18.5 Å². The second kappa shape index (κ2) is 6.99. The van der Waals surface area contributed by atoms with Crippen molar-refractivity contribution in [1.29, 1.82) is 0 Å². The van der Waals surface area contributed by atoms with Crippen molar-refractivity contribution in [1.82, 2.24) is 4.98 Å². The molecule has 0 aliphatic carbocycles. The molecule has 4 heteroatoms. The van der Waals surface area contributed by atoms with Crippen LogP contribution in [-0.4, -0.2) is 18.1 Å². The summed E-state index contributed by atoms with van der Waals surface area (Å²) in [5.74, 6) is 0. The second-order valence-corrected chi connectivity index (χ2v) is 3.59. The molecule has 1 aromatic heterocycles. The van der Waals surface area contributed by atoms with Crippen LogP contribution in [-0.2, 0) is 6.54 Å². The number of anilines is 1. The standard InChI is InChI=1S/C11H16N3.K/c12-8-10-4-5-11(9-13-10)14-6-2-1-3-7-14;/h2,4-5,9H,1,3,6-8,12H2;/q-1;+1. The molecule has 0 radical (unpaired) electrons. The summed E-state index contributed by atoms with van der Waals surface area (Å²) >= 11 is 0. The molecular weight excluding hydrogens is 213 g/mol. The molecule has 1 fully saturated rings. The zero-order valence-electron chi connectivity index (χ0n) is 9.32. The maximum absolute atomic E-state index is 5.50. The van der Waals surface area contributed by atoms with Gasteiger partial charge in [-0.1, -0.05) is 6.42 Å². The normalized spacial score (nSPS) is 15.9. The Hall–Kier alpha value is 0.546. The number of aromatic nitrogens is 1. The van der Waals surface area contributed by atoms with Gasteiger partial charge in [0, 0.05) is 13.1 Å². The zero-order valence-corrected chi connectivity index (χ0v) is 12.4. The van der Waals surface area contributed by atoms with E-state index in [1.807, 2.05) is 12.3 Å². The third-order valence-corrected chi connectivity index (χ3v) is 2.57. The maximum atomic E-state index is 5.50. The van der Waals surface area contributed by atoms with Gasteiger partial charge < -0.3 is 17.1 Å². The van der Waals surface area contributed by atoms with Crippen molar-refractivity contribution in [3.63, 3.8) is 0 Å². The van der Waals surface area contributed by atoms with Crippen LogP contribution in [0.15, 0.2) is 18.3 Å². The van der Waals surface area contributed by atoms with E-state index in [2.05, 4.69) is 22.4 Å². The number of piperidine rings is 1. The van der Waals surface area contributed by atoms with E-state index in [0.29, 0.717) is 6.54 Å². The molecule has 1 saturated heterocycles. The van der Waals surface area contributed by atoms with Gasteiger partial charge in [0.2, 0.25) is 0 Å². The molecule has 0 amide bonds. The molecule has 0 aromatic carbocycles. The molecule has 1 aliphatic heterocycles. The van der Waals surface area contributed by atoms with Crippen molar-refractivity contribution in [2.24, 2.45) is 5.73 Å². The molecule has 0 atom stereocenters. The van der Waals surface area contributed by atoms with Gasteiger partial charge in [-0.25, -0.2) is 0 Å². The minimum absolute atomic E-state index is 0. The van der Waals surface area contributed by atoms with Gasteiger partial charge in [0.1, 0.15) is 0 Å². The molecule has 0 bridgehead atoms. The number of rotatable bonds is 2. The van der Waals surface area contributed by atoms with Crippen molar-refractivity contribution in [3.8, 4) is 0 Å². The molecule has 1 aliphatic rings. The van der Waals surface area contributed by atoms with E-state index >= 15 is 0 Å². The summed E-state index contributed by atoms with van der Waals surface area (Å²) in [7, 11) is 0. The summed E-state index contributed by atoms with van der Waals surface area (Å²) in [6, 6.07) is 4.11. The smallest absolute Gasteiger partial charge is 0.400 e. The van der Waals surface area contributed by atoms with E-state index in [0.717, 1.165) is 18.8 Å². The van der Waals surface area contributed by atoms with Crippen LogP contribution in [0.2, 0.25) is 0 Å². The van der Waals surface area contributed by atoms with Crippen LogP contribution in [0.3, 0.4) is 0 Å². The van der Waals surface area contributed by atoms with Crippen LogP contribution < -0.4 is 62.0 Å². The fourth-order valence-electron chi connectivity index (χ4n) is 1.72. The Bertz CT molecular complexity index is 280. The van der Waals surface area contributed by atoms with Crippen LogP contribution in [0.4, 0.5) is 5.69 Å². The predicted octanol–water partition coefficient (Wildman–Crippen LogP) is -1.65. The molecule has 1 aromatic rings. The van der Waals surface area contributed by atoms with E-state index in [9.17, 15) is 0 Å². The first kappa shape index (κ1) is 13.6. The summed E-state index contributed by atoms with van der Waals surface area (Å²) < 4.78 is 0. The largest absolute Gasteiger partial charge is 1.00 e. The molecule has 15 heavy (non-hydrogen) atoms. The molecule has 3 nitrogen and oxygen atoms in total. The predicted molar refractivity (Wildman–Crippen MR) is 57.9 cm³/mol. The van der Waals surface area contributed by atoms with Gasteiger partial charge in [-0.15, -0.1) is 6.54 Å². The average molecular weight is 229 g/mol. The topological polar surface area (TPSA) is 42.1 Å². The Labute approximate surface area is 134 Å². The van der Waals surface area contributed by atoms with Crippen LogP contribution in [0.25, 0.3) is 0 Å². The fourth-order valence-corrected chi connectivity index (χ4v) is 1.72. The molecule has 2 heterocycles. The van der Waals surface area contributed by atoms with E-state index in [1.165, 1.54) is 18.5 Å². The summed E-state index contributed by atoms with van der Waals surface area (Å²) in [5.41, 5.74) is 7.66.